The van der Waals surface area contributed by atoms with Gasteiger partial charge in [-0.1, -0.05) is 11.6 Å². The molecular formula is C23H33ClN5O6P. The molecule has 36 heavy (non-hydrogen) atoms. The van der Waals surface area contributed by atoms with Gasteiger partial charge in [-0.15, -0.1) is 0 Å². The van der Waals surface area contributed by atoms with Crippen LogP contribution < -0.4 is 24.6 Å². The lowest BCUT2D eigenvalue weighted by Crippen LogP contribution is -2.45. The van der Waals surface area contributed by atoms with Crippen molar-refractivity contribution in [3.63, 3.8) is 0 Å². The first-order chi connectivity index (χ1) is 17.2. The number of hydrogen-bond donors (Lipinski definition) is 2. The summed E-state index contributed by atoms with van der Waals surface area (Å²) in [5, 5.41) is 7.00. The topological polar surface area (TPSA) is 116 Å². The molecule has 0 amide bonds. The molecule has 1 aromatic heterocycles. The van der Waals surface area contributed by atoms with Gasteiger partial charge in [-0.2, -0.15) is 4.98 Å². The Balaban J connectivity index is 1.66. The summed E-state index contributed by atoms with van der Waals surface area (Å²) in [4.78, 5) is 22.9. The van der Waals surface area contributed by atoms with Crippen LogP contribution >= 0.6 is 20.1 Å². The fourth-order valence-electron chi connectivity index (χ4n) is 3.58. The van der Waals surface area contributed by atoms with E-state index in [1.807, 2.05) is 0 Å². The second kappa shape index (κ2) is 12.7. The van der Waals surface area contributed by atoms with Crippen LogP contribution in [-0.2, 0) is 18.8 Å². The Bertz CT molecular complexity index is 1010. The molecular weight excluding hydrogens is 509 g/mol. The molecule has 0 saturated heterocycles. The van der Waals surface area contributed by atoms with Crippen molar-refractivity contribution in [1.29, 1.82) is 0 Å². The van der Waals surface area contributed by atoms with Gasteiger partial charge >= 0.3 is 14.5 Å². The lowest BCUT2D eigenvalue weighted by molar-refractivity contribution is -0.146. The fraction of sp³-hybridized carbons (Fsp3) is 0.522. The Labute approximate surface area is 217 Å². The zero-order valence-electron chi connectivity index (χ0n) is 21.3. The zero-order valence-corrected chi connectivity index (χ0v) is 22.9. The van der Waals surface area contributed by atoms with E-state index < -0.39 is 20.0 Å². The molecule has 0 fully saturated rings. The molecule has 3 rings (SSSR count). The van der Waals surface area contributed by atoms with Crippen LogP contribution in [0.5, 0.6) is 11.6 Å². The quantitative estimate of drug-likeness (QED) is 0.283. The van der Waals surface area contributed by atoms with Gasteiger partial charge in [-0.25, -0.2) is 10.1 Å². The summed E-state index contributed by atoms with van der Waals surface area (Å²) < 4.78 is 28.1. The predicted molar refractivity (Wildman–Crippen MR) is 139 cm³/mol. The van der Waals surface area contributed by atoms with Gasteiger partial charge in [-0.3, -0.25) is 4.79 Å². The van der Waals surface area contributed by atoms with E-state index in [1.54, 1.807) is 52.3 Å². The molecule has 2 N–H and O–H groups in total. The molecule has 1 aliphatic rings. The number of esters is 1. The molecule has 3 unspecified atom stereocenters. The number of hydrogen-bond acceptors (Lipinski definition) is 11. The highest BCUT2D eigenvalue weighted by molar-refractivity contribution is 7.45. The summed E-state index contributed by atoms with van der Waals surface area (Å²) in [5.74, 6) is 1.40. The second-order valence-electron chi connectivity index (χ2n) is 8.66. The van der Waals surface area contributed by atoms with Crippen LogP contribution in [0.3, 0.4) is 0 Å². The minimum absolute atomic E-state index is 0.0646. The van der Waals surface area contributed by atoms with Crippen molar-refractivity contribution in [2.24, 2.45) is 0 Å². The molecule has 2 heterocycles. The van der Waals surface area contributed by atoms with Gasteiger partial charge in [0.15, 0.2) is 5.82 Å². The van der Waals surface area contributed by atoms with Crippen molar-refractivity contribution in [1.82, 2.24) is 15.1 Å². The number of anilines is 2. The summed E-state index contributed by atoms with van der Waals surface area (Å²) >= 11 is 5.99. The molecule has 11 nitrogen and oxygen atoms in total. The van der Waals surface area contributed by atoms with Gasteiger partial charge in [0.25, 0.3) is 0 Å². The number of carbonyl (C=O) groups excluding carboxylic acids is 1. The summed E-state index contributed by atoms with van der Waals surface area (Å²) in [6.07, 6.45) is 1.88. The molecule has 0 saturated carbocycles. The molecule has 0 bridgehead atoms. The van der Waals surface area contributed by atoms with E-state index in [2.05, 4.69) is 32.2 Å². The molecule has 13 heteroatoms. The van der Waals surface area contributed by atoms with E-state index in [-0.39, 0.29) is 18.8 Å². The highest BCUT2D eigenvalue weighted by Gasteiger charge is 2.35. The van der Waals surface area contributed by atoms with Crippen molar-refractivity contribution in [2.75, 3.05) is 44.8 Å². The number of benzene rings is 1. The lowest BCUT2D eigenvalue weighted by Gasteiger charge is -2.30. The summed E-state index contributed by atoms with van der Waals surface area (Å²) in [6.45, 7) is 6.29. The smallest absolute Gasteiger partial charge is 0.325 e. The molecule has 1 aromatic carbocycles. The average molecular weight is 542 g/mol. The van der Waals surface area contributed by atoms with Gasteiger partial charge in [0.2, 0.25) is 5.88 Å². The van der Waals surface area contributed by atoms with Crippen LogP contribution in [0.1, 0.15) is 27.2 Å². The van der Waals surface area contributed by atoms with E-state index in [9.17, 15) is 4.79 Å². The molecule has 2 aromatic rings. The number of ether oxygens (including phenoxy) is 3. The number of fused-ring (bicyclic) bond motifs is 1. The van der Waals surface area contributed by atoms with E-state index in [0.29, 0.717) is 29.7 Å². The molecule has 1 aliphatic heterocycles. The third-order valence-corrected chi connectivity index (χ3v) is 7.35. The second-order valence-corrected chi connectivity index (χ2v) is 10.3. The van der Waals surface area contributed by atoms with Gasteiger partial charge in [0.1, 0.15) is 23.3 Å². The maximum atomic E-state index is 12.2. The zero-order chi connectivity index (χ0) is 26.3. The van der Waals surface area contributed by atoms with E-state index in [1.165, 1.54) is 13.4 Å². The molecule has 0 radical (unpaired) electrons. The van der Waals surface area contributed by atoms with E-state index >= 15 is 0 Å². The van der Waals surface area contributed by atoms with Crippen LogP contribution in [0.25, 0.3) is 0 Å². The molecule has 0 aliphatic carbocycles. The highest BCUT2D eigenvalue weighted by atomic mass is 35.5. The van der Waals surface area contributed by atoms with Gasteiger partial charge in [0.05, 0.1) is 33.6 Å². The van der Waals surface area contributed by atoms with Gasteiger partial charge in [-0.05, 0) is 51.5 Å². The van der Waals surface area contributed by atoms with Crippen molar-refractivity contribution >= 4 is 37.6 Å². The number of methoxy groups -OCH3 is 3. The van der Waals surface area contributed by atoms with Crippen molar-refractivity contribution in [3.05, 3.63) is 35.6 Å². The number of rotatable bonds is 13. The Hall–Kier alpha value is -2.43. The normalized spacial score (nSPS) is 15.5. The Kier molecular flexibility index (Phi) is 9.92. The Morgan fingerprint density at radius 2 is 1.97 bits per heavy atom. The maximum Gasteiger partial charge on any atom is 0.325 e. The van der Waals surface area contributed by atoms with Crippen molar-refractivity contribution in [2.45, 2.75) is 44.9 Å². The number of halogens is 1. The molecule has 3 atom stereocenters. The van der Waals surface area contributed by atoms with Crippen LogP contribution in [0, 0.1) is 0 Å². The Morgan fingerprint density at radius 1 is 1.25 bits per heavy atom. The first-order valence-corrected chi connectivity index (χ1v) is 12.9. The fourth-order valence-corrected chi connectivity index (χ4v) is 5.04. The van der Waals surface area contributed by atoms with Crippen LogP contribution in [0.2, 0.25) is 5.02 Å². The van der Waals surface area contributed by atoms with E-state index in [4.69, 9.17) is 34.9 Å². The third-order valence-electron chi connectivity index (χ3n) is 5.60. The van der Waals surface area contributed by atoms with Gasteiger partial charge in [0, 0.05) is 18.2 Å². The monoisotopic (exact) mass is 541 g/mol. The summed E-state index contributed by atoms with van der Waals surface area (Å²) in [7, 11) is 2.82. The van der Waals surface area contributed by atoms with Crippen LogP contribution in [-0.4, -0.2) is 68.2 Å². The number of nitrogens with zero attached hydrogens (tertiary/aromatic N) is 3. The standard InChI is InChI=1S/C23H33ClN5O6P/c1-15(29-14-27-19-20(29)25-13-26-21(19)32-5)11-18(31-4)12-34-36(28-23(2,3)22(30)33-6)35-17-9-7-16(24)8-10-17/h7-10,13,15,18,27-28H,11-12,14H2,1-6H3. The summed E-state index contributed by atoms with van der Waals surface area (Å²) in [6, 6.07) is 6.97. The van der Waals surface area contributed by atoms with Crippen molar-refractivity contribution in [3.8, 4) is 11.6 Å². The lowest BCUT2D eigenvalue weighted by atomic mass is 10.1. The Morgan fingerprint density at radius 3 is 2.61 bits per heavy atom. The number of aromatic nitrogens is 2. The maximum absolute atomic E-state index is 12.2. The molecule has 0 spiro atoms. The predicted octanol–water partition coefficient (Wildman–Crippen LogP) is 3.99. The molecule has 198 valence electrons. The van der Waals surface area contributed by atoms with E-state index in [0.717, 1.165) is 11.5 Å². The first kappa shape index (κ1) is 28.1. The minimum atomic E-state index is -1.73. The SMILES string of the molecule is COC(=O)C(C)(C)NP(OCC(CC(C)N1CNc2c(OC)ncnc21)OC)Oc1ccc(Cl)cc1. The minimum Gasteiger partial charge on any atom is -0.479 e. The number of carbonyl (C=O) groups is 1. The van der Waals surface area contributed by atoms with Crippen LogP contribution in [0.15, 0.2) is 30.6 Å². The highest BCUT2D eigenvalue weighted by Crippen LogP contribution is 2.40. The first-order valence-electron chi connectivity index (χ1n) is 11.3. The van der Waals surface area contributed by atoms with Crippen LogP contribution in [0.4, 0.5) is 11.5 Å². The average Bonchev–Trinajstić information content (AvgIpc) is 3.31. The van der Waals surface area contributed by atoms with Crippen molar-refractivity contribution < 1.29 is 28.1 Å². The number of nitrogens with one attached hydrogen (secondary N) is 2. The van der Waals surface area contributed by atoms with Gasteiger partial charge < -0.3 is 33.5 Å². The summed E-state index contributed by atoms with van der Waals surface area (Å²) in [5.41, 5.74) is -0.266. The largest absolute Gasteiger partial charge is 0.479 e. The third kappa shape index (κ3) is 7.08.